The Morgan fingerprint density at radius 1 is 1.21 bits per heavy atom. The number of thiophene rings is 1. The van der Waals surface area contributed by atoms with Gasteiger partial charge < -0.3 is 20.1 Å². The number of hydrogen-bond donors (Lipinski definition) is 2. The predicted molar refractivity (Wildman–Crippen MR) is 141 cm³/mol. The Kier molecular flexibility index (Phi) is 8.15. The minimum absolute atomic E-state index is 0.130. The van der Waals surface area contributed by atoms with Gasteiger partial charge in [-0.05, 0) is 91.0 Å². The molecule has 2 fully saturated rings. The summed E-state index contributed by atoms with van der Waals surface area (Å²) in [5.41, 5.74) is 2.92. The van der Waals surface area contributed by atoms with Crippen molar-refractivity contribution in [2.75, 3.05) is 27.3 Å². The average Bonchev–Trinajstić information content (AvgIpc) is 3.48. The number of nitrogens with one attached hydrogen (secondary N) is 2. The van der Waals surface area contributed by atoms with E-state index in [2.05, 4.69) is 57.5 Å². The molecule has 2 N–H and O–H groups in total. The third-order valence-corrected chi connectivity index (χ3v) is 8.44. The molecular weight excluding hydrogens is 450 g/mol. The number of benzene rings is 1. The van der Waals surface area contributed by atoms with Crippen LogP contribution in [-0.4, -0.2) is 49.4 Å². The quantitative estimate of drug-likeness (QED) is 0.379. The zero-order valence-corrected chi connectivity index (χ0v) is 21.7. The molecule has 1 aromatic carbocycles. The van der Waals surface area contributed by atoms with E-state index in [-0.39, 0.29) is 5.41 Å². The highest BCUT2D eigenvalue weighted by Gasteiger charge is 2.51. The average molecular weight is 488 g/mol. The Labute approximate surface area is 207 Å². The van der Waals surface area contributed by atoms with Gasteiger partial charge in [0.1, 0.15) is 0 Å². The largest absolute Gasteiger partial charge is 0.493 e. The Bertz CT molecular complexity index is 920. The molecule has 180 valence electrons. The summed E-state index contributed by atoms with van der Waals surface area (Å²) in [6, 6.07) is 9.65. The van der Waals surface area contributed by atoms with Gasteiger partial charge in [0.2, 0.25) is 0 Å². The van der Waals surface area contributed by atoms with Gasteiger partial charge >= 0.3 is 0 Å². The maximum absolute atomic E-state index is 5.67. The summed E-state index contributed by atoms with van der Waals surface area (Å²) in [7, 11) is 3.42. The molecule has 0 spiro atoms. The number of ether oxygens (including phenoxy) is 2. The van der Waals surface area contributed by atoms with Crippen LogP contribution in [0.2, 0.25) is 0 Å². The fourth-order valence-electron chi connectivity index (χ4n) is 5.68. The van der Waals surface area contributed by atoms with E-state index in [9.17, 15) is 0 Å². The molecule has 1 aliphatic heterocycles. The second-order valence-electron chi connectivity index (χ2n) is 9.32. The third kappa shape index (κ3) is 5.31. The van der Waals surface area contributed by atoms with Crippen LogP contribution in [0.5, 0.6) is 11.5 Å². The van der Waals surface area contributed by atoms with Crippen molar-refractivity contribution in [1.29, 1.82) is 0 Å². The zero-order valence-electron chi connectivity index (χ0n) is 20.1. The van der Waals surface area contributed by atoms with Crippen LogP contribution in [0.15, 0.2) is 35.0 Å². The molecule has 1 saturated carbocycles. The lowest BCUT2D eigenvalue weighted by molar-refractivity contribution is 0.134. The molecule has 0 bridgehead atoms. The fourth-order valence-corrected chi connectivity index (χ4v) is 6.61. The molecule has 2 aliphatic rings. The van der Waals surface area contributed by atoms with Crippen molar-refractivity contribution in [2.45, 2.75) is 69.5 Å². The van der Waals surface area contributed by atoms with E-state index in [0.717, 1.165) is 61.9 Å². The van der Waals surface area contributed by atoms with Gasteiger partial charge in [-0.25, -0.2) is 0 Å². The monoisotopic (exact) mass is 487 g/mol. The number of unbranched alkanes of at least 4 members (excludes halogenated alkanes) is 1. The Morgan fingerprint density at radius 3 is 2.79 bits per heavy atom. The van der Waals surface area contributed by atoms with Gasteiger partial charge in [0, 0.05) is 30.6 Å². The second-order valence-corrected chi connectivity index (χ2v) is 10.5. The van der Waals surface area contributed by atoms with Gasteiger partial charge in [0.25, 0.3) is 0 Å². The van der Waals surface area contributed by atoms with Crippen molar-refractivity contribution in [3.8, 4) is 11.5 Å². The van der Waals surface area contributed by atoms with E-state index in [1.54, 1.807) is 25.6 Å². The minimum Gasteiger partial charge on any atom is -0.493 e. The lowest BCUT2D eigenvalue weighted by Gasteiger charge is -2.46. The normalized spacial score (nSPS) is 24.8. The molecule has 0 amide bonds. The van der Waals surface area contributed by atoms with Crippen LogP contribution in [0.3, 0.4) is 0 Å². The van der Waals surface area contributed by atoms with Gasteiger partial charge in [0.15, 0.2) is 16.6 Å². The molecule has 5 nitrogen and oxygen atoms in total. The Balaban J connectivity index is 1.56. The van der Waals surface area contributed by atoms with Crippen LogP contribution in [0.1, 0.15) is 56.6 Å². The number of fused-ring (bicyclic) bond motifs is 1. The molecule has 0 radical (unpaired) electrons. The predicted octanol–water partition coefficient (Wildman–Crippen LogP) is 5.09. The Hall–Kier alpha value is -1.83. The first-order valence-corrected chi connectivity index (χ1v) is 13.5. The number of thiocarbonyl (C=S) groups is 1. The first-order chi connectivity index (χ1) is 16.1. The summed E-state index contributed by atoms with van der Waals surface area (Å²) in [6.07, 6.45) is 6.84. The van der Waals surface area contributed by atoms with Crippen LogP contribution in [-0.2, 0) is 12.0 Å². The first kappa shape index (κ1) is 24.3. The van der Waals surface area contributed by atoms with Gasteiger partial charge in [-0.15, -0.1) is 0 Å². The lowest BCUT2D eigenvalue weighted by Crippen LogP contribution is -2.53. The molecule has 7 heteroatoms. The van der Waals surface area contributed by atoms with Crippen molar-refractivity contribution in [3.63, 3.8) is 0 Å². The van der Waals surface area contributed by atoms with Gasteiger partial charge in [-0.2, -0.15) is 11.3 Å². The van der Waals surface area contributed by atoms with Crippen molar-refractivity contribution in [3.05, 3.63) is 46.2 Å². The zero-order chi connectivity index (χ0) is 23.3. The van der Waals surface area contributed by atoms with E-state index in [1.807, 2.05) is 0 Å². The summed E-state index contributed by atoms with van der Waals surface area (Å²) in [6.45, 7) is 5.27. The molecule has 3 atom stereocenters. The third-order valence-electron chi connectivity index (χ3n) is 7.45. The molecule has 2 aromatic rings. The second kappa shape index (κ2) is 11.1. The lowest BCUT2D eigenvalue weighted by atomic mass is 9.65. The van der Waals surface area contributed by atoms with Crippen molar-refractivity contribution in [2.24, 2.45) is 0 Å². The van der Waals surface area contributed by atoms with Crippen LogP contribution in [0.4, 0.5) is 0 Å². The summed E-state index contributed by atoms with van der Waals surface area (Å²) in [4.78, 5) is 2.69. The molecular formula is C26H37N3O2S2. The van der Waals surface area contributed by atoms with Crippen LogP contribution in [0.25, 0.3) is 0 Å². The van der Waals surface area contributed by atoms with E-state index < -0.39 is 0 Å². The number of likely N-dealkylation sites (tertiary alicyclic amines) is 1. The van der Waals surface area contributed by atoms with Crippen LogP contribution in [0, 0.1) is 0 Å². The fraction of sp³-hybridized carbons (Fsp3) is 0.577. The van der Waals surface area contributed by atoms with Crippen molar-refractivity contribution >= 4 is 28.7 Å². The molecule has 1 aliphatic carbocycles. The van der Waals surface area contributed by atoms with E-state index >= 15 is 0 Å². The van der Waals surface area contributed by atoms with Gasteiger partial charge in [0.05, 0.1) is 14.2 Å². The van der Waals surface area contributed by atoms with E-state index in [4.69, 9.17) is 21.7 Å². The van der Waals surface area contributed by atoms with Crippen molar-refractivity contribution < 1.29 is 9.47 Å². The molecule has 4 rings (SSSR count). The summed E-state index contributed by atoms with van der Waals surface area (Å²) in [5.74, 6) is 1.61. The maximum Gasteiger partial charge on any atom is 0.166 e. The highest BCUT2D eigenvalue weighted by Crippen LogP contribution is 2.50. The molecule has 1 saturated heterocycles. The summed E-state index contributed by atoms with van der Waals surface area (Å²) >= 11 is 7.39. The topological polar surface area (TPSA) is 45.8 Å². The first-order valence-electron chi connectivity index (χ1n) is 12.1. The van der Waals surface area contributed by atoms with E-state index in [1.165, 1.54) is 24.0 Å². The van der Waals surface area contributed by atoms with Gasteiger partial charge in [-0.1, -0.05) is 19.4 Å². The highest BCUT2D eigenvalue weighted by atomic mass is 32.1. The maximum atomic E-state index is 5.67. The van der Waals surface area contributed by atoms with E-state index in [0.29, 0.717) is 12.1 Å². The molecule has 0 unspecified atom stereocenters. The molecule has 1 aromatic heterocycles. The van der Waals surface area contributed by atoms with Gasteiger partial charge in [-0.3, -0.25) is 4.90 Å². The van der Waals surface area contributed by atoms with Crippen LogP contribution < -0.4 is 20.1 Å². The Morgan fingerprint density at radius 2 is 2.06 bits per heavy atom. The smallest absolute Gasteiger partial charge is 0.166 e. The standard InChI is InChI=1S/C26H37N3O2S2/c1-4-5-12-27-25(32)28-21-8-10-26(20-6-7-22(30-2)23(15-20)31-3)11-13-29(24(26)16-21)17-19-9-14-33-18-19/h6-7,9,14-15,18,21,24H,4-5,8,10-13,16-17H2,1-3H3,(H2,27,28,32)/t21-,24+,26-/m0/s1. The molecule has 2 heterocycles. The number of rotatable bonds is 9. The molecule has 33 heavy (non-hydrogen) atoms. The number of hydrogen-bond acceptors (Lipinski definition) is 5. The SMILES string of the molecule is CCCCNC(=S)N[C@H]1CC[C@@]2(c3ccc(OC)c(OC)c3)CCN(Cc3ccsc3)[C@@H]2C1. The number of methoxy groups -OCH3 is 2. The number of nitrogens with zero attached hydrogens (tertiary/aromatic N) is 1. The summed E-state index contributed by atoms with van der Waals surface area (Å²) < 4.78 is 11.2. The van der Waals surface area contributed by atoms with Crippen molar-refractivity contribution in [1.82, 2.24) is 15.5 Å². The minimum atomic E-state index is 0.130. The van der Waals surface area contributed by atoms with Crippen LogP contribution >= 0.6 is 23.6 Å². The summed E-state index contributed by atoms with van der Waals surface area (Å²) in [5, 5.41) is 12.3. The highest BCUT2D eigenvalue weighted by molar-refractivity contribution is 7.80.